The lowest BCUT2D eigenvalue weighted by Crippen LogP contribution is -2.51. The minimum absolute atomic E-state index is 0.0226. The fourth-order valence-electron chi connectivity index (χ4n) is 1.37. The van der Waals surface area contributed by atoms with E-state index in [2.05, 4.69) is 14.8 Å². The summed E-state index contributed by atoms with van der Waals surface area (Å²) < 4.78 is 28.1. The van der Waals surface area contributed by atoms with Gasteiger partial charge in [0.05, 0.1) is 0 Å². The molecule has 1 aliphatic heterocycles. The van der Waals surface area contributed by atoms with E-state index in [4.69, 9.17) is 0 Å². The van der Waals surface area contributed by atoms with Crippen LogP contribution in [0, 0.1) is 5.92 Å². The molecule has 0 aliphatic carbocycles. The lowest BCUT2D eigenvalue weighted by atomic mass is 10.1. The fraction of sp³-hybridized carbons (Fsp3) is 0.889. The third-order valence-electron chi connectivity index (χ3n) is 2.27. The van der Waals surface area contributed by atoms with Gasteiger partial charge in [-0.15, -0.1) is 0 Å². The Balaban J connectivity index is 2.37. The van der Waals surface area contributed by atoms with Crippen LogP contribution in [0.3, 0.4) is 0 Å². The van der Waals surface area contributed by atoms with E-state index in [9.17, 15) is 13.2 Å². The Morgan fingerprint density at radius 3 is 2.69 bits per heavy atom. The van der Waals surface area contributed by atoms with E-state index >= 15 is 0 Å². The van der Waals surface area contributed by atoms with Crippen LogP contribution < -0.4 is 14.8 Å². The molecule has 0 bridgehead atoms. The summed E-state index contributed by atoms with van der Waals surface area (Å²) in [5, 5.41) is 2.63. The molecule has 16 heavy (non-hydrogen) atoms. The van der Waals surface area contributed by atoms with Crippen molar-refractivity contribution in [1.82, 2.24) is 14.8 Å². The molecule has 1 atom stereocenters. The molecule has 0 aromatic heterocycles. The third-order valence-corrected chi connectivity index (χ3v) is 3.46. The van der Waals surface area contributed by atoms with Crippen molar-refractivity contribution in [2.24, 2.45) is 5.92 Å². The Morgan fingerprint density at radius 2 is 2.19 bits per heavy atom. The van der Waals surface area contributed by atoms with Gasteiger partial charge in [0, 0.05) is 25.6 Å². The van der Waals surface area contributed by atoms with Crippen molar-refractivity contribution in [2.75, 3.05) is 13.1 Å². The number of nitrogens with one attached hydrogen (secondary N) is 3. The first-order valence-electron chi connectivity index (χ1n) is 5.42. The summed E-state index contributed by atoms with van der Waals surface area (Å²) in [6, 6.07) is -0.206. The van der Waals surface area contributed by atoms with Crippen LogP contribution in [0.15, 0.2) is 0 Å². The first kappa shape index (κ1) is 13.4. The largest absolute Gasteiger partial charge is 0.355 e. The Kier molecular flexibility index (Phi) is 4.69. The molecule has 1 aliphatic rings. The van der Waals surface area contributed by atoms with Crippen molar-refractivity contribution in [3.63, 3.8) is 0 Å². The molecule has 0 aromatic carbocycles. The van der Waals surface area contributed by atoms with E-state index in [-0.39, 0.29) is 17.9 Å². The van der Waals surface area contributed by atoms with Crippen LogP contribution in [0.25, 0.3) is 0 Å². The molecule has 94 valence electrons. The summed E-state index contributed by atoms with van der Waals surface area (Å²) in [5.41, 5.74) is 0. The zero-order valence-corrected chi connectivity index (χ0v) is 10.4. The minimum atomic E-state index is -3.45. The highest BCUT2D eigenvalue weighted by molar-refractivity contribution is 7.87. The van der Waals surface area contributed by atoms with Gasteiger partial charge in [-0.2, -0.15) is 13.1 Å². The summed E-state index contributed by atoms with van der Waals surface area (Å²) in [5.74, 6) is 0.244. The van der Waals surface area contributed by atoms with E-state index in [1.54, 1.807) is 0 Å². The maximum atomic E-state index is 11.5. The smallest absolute Gasteiger partial charge is 0.277 e. The summed E-state index contributed by atoms with van der Waals surface area (Å²) >= 11 is 0. The van der Waals surface area contributed by atoms with E-state index in [0.29, 0.717) is 25.9 Å². The molecule has 1 saturated heterocycles. The maximum Gasteiger partial charge on any atom is 0.277 e. The van der Waals surface area contributed by atoms with E-state index in [0.717, 1.165) is 0 Å². The standard InChI is InChI=1S/C9H19N3O3S/c1-7(2)5-11-16(14,15)12-8-3-4-9(13)10-6-8/h7-8,11-12H,3-6H2,1-2H3,(H,10,13). The lowest BCUT2D eigenvalue weighted by Gasteiger charge is -2.23. The minimum Gasteiger partial charge on any atom is -0.355 e. The van der Waals surface area contributed by atoms with Crippen LogP contribution in [0.4, 0.5) is 0 Å². The Bertz CT molecular complexity index is 330. The second-order valence-corrected chi connectivity index (χ2v) is 5.93. The molecular weight excluding hydrogens is 230 g/mol. The maximum absolute atomic E-state index is 11.5. The predicted molar refractivity (Wildman–Crippen MR) is 60.9 cm³/mol. The van der Waals surface area contributed by atoms with Gasteiger partial charge < -0.3 is 5.32 Å². The van der Waals surface area contributed by atoms with Gasteiger partial charge in [0.2, 0.25) is 5.91 Å². The van der Waals surface area contributed by atoms with Gasteiger partial charge in [0.25, 0.3) is 10.2 Å². The van der Waals surface area contributed by atoms with Gasteiger partial charge in [-0.05, 0) is 12.3 Å². The topological polar surface area (TPSA) is 87.3 Å². The summed E-state index contributed by atoms with van der Waals surface area (Å²) in [7, 11) is -3.45. The van der Waals surface area contributed by atoms with E-state index in [1.165, 1.54) is 0 Å². The van der Waals surface area contributed by atoms with Crippen LogP contribution >= 0.6 is 0 Å². The summed E-state index contributed by atoms with van der Waals surface area (Å²) in [4.78, 5) is 10.9. The number of hydrogen-bond donors (Lipinski definition) is 3. The van der Waals surface area contributed by atoms with Crippen molar-refractivity contribution in [1.29, 1.82) is 0 Å². The van der Waals surface area contributed by atoms with Gasteiger partial charge in [0.15, 0.2) is 0 Å². The average Bonchev–Trinajstić information content (AvgIpc) is 2.19. The normalized spacial score (nSPS) is 22.2. The van der Waals surface area contributed by atoms with Crippen LogP contribution in [0.2, 0.25) is 0 Å². The number of carbonyl (C=O) groups is 1. The SMILES string of the molecule is CC(C)CNS(=O)(=O)NC1CCC(=O)NC1. The Hall–Kier alpha value is -0.660. The summed E-state index contributed by atoms with van der Waals surface area (Å²) in [6.07, 6.45) is 0.922. The average molecular weight is 249 g/mol. The molecule has 1 rings (SSSR count). The number of piperidine rings is 1. The zero-order chi connectivity index (χ0) is 12.2. The molecule has 0 aromatic rings. The van der Waals surface area contributed by atoms with E-state index < -0.39 is 10.2 Å². The molecule has 6 nitrogen and oxygen atoms in total. The molecule has 0 saturated carbocycles. The van der Waals surface area contributed by atoms with Gasteiger partial charge in [-0.3, -0.25) is 4.79 Å². The van der Waals surface area contributed by atoms with Crippen molar-refractivity contribution >= 4 is 16.1 Å². The van der Waals surface area contributed by atoms with Gasteiger partial charge >= 0.3 is 0 Å². The molecule has 3 N–H and O–H groups in total. The van der Waals surface area contributed by atoms with Gasteiger partial charge in [-0.1, -0.05) is 13.8 Å². The molecule has 7 heteroatoms. The molecule has 0 radical (unpaired) electrons. The molecule has 0 spiro atoms. The highest BCUT2D eigenvalue weighted by atomic mass is 32.2. The monoisotopic (exact) mass is 249 g/mol. The number of rotatable bonds is 5. The number of hydrogen-bond acceptors (Lipinski definition) is 3. The van der Waals surface area contributed by atoms with Gasteiger partial charge in [-0.25, -0.2) is 4.72 Å². The van der Waals surface area contributed by atoms with Crippen LogP contribution in [0.5, 0.6) is 0 Å². The molecule has 1 amide bonds. The fourth-order valence-corrected chi connectivity index (χ4v) is 2.65. The quantitative estimate of drug-likeness (QED) is 0.605. The van der Waals surface area contributed by atoms with Crippen LogP contribution in [0.1, 0.15) is 26.7 Å². The molecule has 1 unspecified atom stereocenters. The first-order chi connectivity index (χ1) is 7.39. The zero-order valence-electron chi connectivity index (χ0n) is 9.62. The van der Waals surface area contributed by atoms with Crippen molar-refractivity contribution < 1.29 is 13.2 Å². The number of carbonyl (C=O) groups excluding carboxylic acids is 1. The van der Waals surface area contributed by atoms with E-state index in [1.807, 2.05) is 13.8 Å². The molecule has 1 fully saturated rings. The lowest BCUT2D eigenvalue weighted by molar-refractivity contribution is -0.122. The first-order valence-corrected chi connectivity index (χ1v) is 6.91. The highest BCUT2D eigenvalue weighted by Gasteiger charge is 2.22. The van der Waals surface area contributed by atoms with Crippen LogP contribution in [-0.2, 0) is 15.0 Å². The third kappa shape index (κ3) is 4.91. The van der Waals surface area contributed by atoms with Gasteiger partial charge in [0.1, 0.15) is 0 Å². The predicted octanol–water partition coefficient (Wildman–Crippen LogP) is -0.655. The number of amides is 1. The Morgan fingerprint density at radius 1 is 1.50 bits per heavy atom. The summed E-state index contributed by atoms with van der Waals surface area (Å²) in [6.45, 7) is 4.64. The Labute approximate surface area is 96.4 Å². The van der Waals surface area contributed by atoms with Crippen molar-refractivity contribution in [2.45, 2.75) is 32.7 Å². The second kappa shape index (κ2) is 5.60. The second-order valence-electron chi connectivity index (χ2n) is 4.40. The highest BCUT2D eigenvalue weighted by Crippen LogP contribution is 2.03. The van der Waals surface area contributed by atoms with Crippen molar-refractivity contribution in [3.05, 3.63) is 0 Å². The molecule has 1 heterocycles. The molecular formula is C9H19N3O3S. The van der Waals surface area contributed by atoms with Crippen molar-refractivity contribution in [3.8, 4) is 0 Å². The van der Waals surface area contributed by atoms with Crippen LogP contribution in [-0.4, -0.2) is 33.5 Å².